The largest absolute Gasteiger partial charge is 0.341 e. The minimum atomic E-state index is -0.503. The monoisotopic (exact) mass is 331 g/mol. The SMILES string of the molecule is CCc1ccc(C(NCC(=O)NC(=O)NC)c2cccs2)cc1. The maximum Gasteiger partial charge on any atom is 0.321 e. The van der Waals surface area contributed by atoms with Gasteiger partial charge in [0, 0.05) is 11.9 Å². The molecule has 3 amide bonds. The van der Waals surface area contributed by atoms with Gasteiger partial charge in [0.05, 0.1) is 12.6 Å². The summed E-state index contributed by atoms with van der Waals surface area (Å²) in [6.07, 6.45) is 0.992. The Bertz CT molecular complexity index is 638. The number of imide groups is 1. The van der Waals surface area contributed by atoms with Crippen molar-refractivity contribution in [3.8, 4) is 0 Å². The predicted octanol–water partition coefficient (Wildman–Crippen LogP) is 2.45. The number of hydrogen-bond donors (Lipinski definition) is 3. The number of rotatable bonds is 6. The molecule has 0 aliphatic rings. The molecule has 0 fully saturated rings. The average Bonchev–Trinajstić information content (AvgIpc) is 3.09. The fourth-order valence-electron chi connectivity index (χ4n) is 2.21. The Labute approximate surface area is 140 Å². The van der Waals surface area contributed by atoms with Gasteiger partial charge in [-0.3, -0.25) is 15.4 Å². The van der Waals surface area contributed by atoms with Crippen LogP contribution in [0.5, 0.6) is 0 Å². The van der Waals surface area contributed by atoms with Crippen molar-refractivity contribution in [1.29, 1.82) is 0 Å². The molecule has 0 aliphatic carbocycles. The standard InChI is InChI=1S/C17H21N3O2S/c1-3-12-6-8-13(9-7-12)16(14-5-4-10-23-14)19-11-15(21)20-17(22)18-2/h4-10,16,19H,3,11H2,1-2H3,(H2,18,20,21,22). The molecule has 2 aromatic rings. The molecule has 1 heterocycles. The van der Waals surface area contributed by atoms with E-state index in [9.17, 15) is 9.59 Å². The van der Waals surface area contributed by atoms with E-state index >= 15 is 0 Å². The predicted molar refractivity (Wildman–Crippen MR) is 92.6 cm³/mol. The molecule has 23 heavy (non-hydrogen) atoms. The van der Waals surface area contributed by atoms with E-state index in [2.05, 4.69) is 47.1 Å². The number of amides is 3. The molecule has 0 radical (unpaired) electrons. The summed E-state index contributed by atoms with van der Waals surface area (Å²) in [5.41, 5.74) is 2.37. The van der Waals surface area contributed by atoms with Crippen molar-refractivity contribution >= 4 is 23.3 Å². The Morgan fingerprint density at radius 2 is 1.91 bits per heavy atom. The van der Waals surface area contributed by atoms with Crippen molar-refractivity contribution in [1.82, 2.24) is 16.0 Å². The first-order valence-electron chi connectivity index (χ1n) is 7.51. The third-order valence-corrected chi connectivity index (χ3v) is 4.43. The lowest BCUT2D eigenvalue weighted by Crippen LogP contribution is -2.42. The normalized spacial score (nSPS) is 11.7. The second kappa shape index (κ2) is 8.45. The van der Waals surface area contributed by atoms with E-state index in [1.807, 2.05) is 17.5 Å². The minimum Gasteiger partial charge on any atom is -0.341 e. The molecular formula is C17H21N3O2S. The van der Waals surface area contributed by atoms with Gasteiger partial charge in [0.25, 0.3) is 0 Å². The first-order chi connectivity index (χ1) is 11.1. The van der Waals surface area contributed by atoms with Gasteiger partial charge in [-0.2, -0.15) is 0 Å². The molecule has 0 spiro atoms. The molecule has 1 unspecified atom stereocenters. The lowest BCUT2D eigenvalue weighted by atomic mass is 10.0. The Morgan fingerprint density at radius 1 is 1.17 bits per heavy atom. The molecule has 1 aromatic carbocycles. The van der Waals surface area contributed by atoms with E-state index in [1.54, 1.807) is 11.3 Å². The fraction of sp³-hybridized carbons (Fsp3) is 0.294. The van der Waals surface area contributed by atoms with Crippen LogP contribution in [0.1, 0.15) is 29.0 Å². The van der Waals surface area contributed by atoms with Gasteiger partial charge in [0.15, 0.2) is 0 Å². The quantitative estimate of drug-likeness (QED) is 0.761. The number of hydrogen-bond acceptors (Lipinski definition) is 4. The van der Waals surface area contributed by atoms with Crippen LogP contribution in [0.25, 0.3) is 0 Å². The van der Waals surface area contributed by atoms with Crippen molar-refractivity contribution in [2.75, 3.05) is 13.6 Å². The minimum absolute atomic E-state index is 0.0610. The molecule has 5 nitrogen and oxygen atoms in total. The number of urea groups is 1. The third-order valence-electron chi connectivity index (χ3n) is 3.50. The zero-order chi connectivity index (χ0) is 16.7. The van der Waals surface area contributed by atoms with Crippen LogP contribution < -0.4 is 16.0 Å². The smallest absolute Gasteiger partial charge is 0.321 e. The van der Waals surface area contributed by atoms with Crippen molar-refractivity contribution in [3.63, 3.8) is 0 Å². The maximum absolute atomic E-state index is 11.8. The number of thiophene rings is 1. The molecule has 2 rings (SSSR count). The van der Waals surface area contributed by atoms with Crippen molar-refractivity contribution in [2.24, 2.45) is 0 Å². The highest BCUT2D eigenvalue weighted by Crippen LogP contribution is 2.26. The summed E-state index contributed by atoms with van der Waals surface area (Å²) in [4.78, 5) is 24.1. The first-order valence-corrected chi connectivity index (χ1v) is 8.39. The molecular weight excluding hydrogens is 310 g/mol. The average molecular weight is 331 g/mol. The van der Waals surface area contributed by atoms with Gasteiger partial charge >= 0.3 is 6.03 Å². The van der Waals surface area contributed by atoms with Crippen LogP contribution in [0, 0.1) is 0 Å². The zero-order valence-corrected chi connectivity index (χ0v) is 14.1. The highest BCUT2D eigenvalue weighted by molar-refractivity contribution is 7.10. The molecule has 3 N–H and O–H groups in total. The summed E-state index contributed by atoms with van der Waals surface area (Å²) in [5, 5.41) is 9.84. The van der Waals surface area contributed by atoms with Gasteiger partial charge in [-0.1, -0.05) is 37.3 Å². The molecule has 0 saturated heterocycles. The molecule has 0 bridgehead atoms. The Morgan fingerprint density at radius 3 is 2.48 bits per heavy atom. The van der Waals surface area contributed by atoms with E-state index in [0.717, 1.165) is 16.9 Å². The van der Waals surface area contributed by atoms with Crippen LogP contribution in [0.3, 0.4) is 0 Å². The number of carbonyl (C=O) groups is 2. The van der Waals surface area contributed by atoms with E-state index < -0.39 is 6.03 Å². The summed E-state index contributed by atoms with van der Waals surface area (Å²) < 4.78 is 0. The van der Waals surface area contributed by atoms with Gasteiger partial charge in [-0.05, 0) is 29.0 Å². The number of nitrogens with one attached hydrogen (secondary N) is 3. The topological polar surface area (TPSA) is 70.2 Å². The number of aryl methyl sites for hydroxylation is 1. The lowest BCUT2D eigenvalue weighted by Gasteiger charge is -2.18. The fourth-order valence-corrected chi connectivity index (χ4v) is 3.04. The summed E-state index contributed by atoms with van der Waals surface area (Å²) >= 11 is 1.63. The highest BCUT2D eigenvalue weighted by atomic mass is 32.1. The van der Waals surface area contributed by atoms with E-state index in [0.29, 0.717) is 0 Å². The van der Waals surface area contributed by atoms with Crippen LogP contribution >= 0.6 is 11.3 Å². The maximum atomic E-state index is 11.8. The number of carbonyl (C=O) groups excluding carboxylic acids is 2. The first kappa shape index (κ1) is 17.2. The van der Waals surface area contributed by atoms with Crippen LogP contribution in [-0.2, 0) is 11.2 Å². The summed E-state index contributed by atoms with van der Waals surface area (Å²) in [6.45, 7) is 2.18. The second-order valence-electron chi connectivity index (χ2n) is 5.05. The Kier molecular flexibility index (Phi) is 6.31. The summed E-state index contributed by atoms with van der Waals surface area (Å²) in [7, 11) is 1.47. The van der Waals surface area contributed by atoms with Crippen molar-refractivity contribution < 1.29 is 9.59 Å². The van der Waals surface area contributed by atoms with Gasteiger partial charge < -0.3 is 5.32 Å². The number of benzene rings is 1. The Balaban J connectivity index is 2.09. The zero-order valence-electron chi connectivity index (χ0n) is 13.3. The van der Waals surface area contributed by atoms with Crippen LogP contribution in [-0.4, -0.2) is 25.5 Å². The molecule has 1 aromatic heterocycles. The van der Waals surface area contributed by atoms with Crippen LogP contribution in [0.15, 0.2) is 41.8 Å². The molecule has 1 atom stereocenters. The molecule has 0 aliphatic heterocycles. The van der Waals surface area contributed by atoms with E-state index in [-0.39, 0.29) is 18.5 Å². The third kappa shape index (κ3) is 4.91. The van der Waals surface area contributed by atoms with Crippen molar-refractivity contribution in [3.05, 3.63) is 57.8 Å². The van der Waals surface area contributed by atoms with E-state index in [4.69, 9.17) is 0 Å². The van der Waals surface area contributed by atoms with Crippen LogP contribution in [0.2, 0.25) is 0 Å². The summed E-state index contributed by atoms with van der Waals surface area (Å²) in [5.74, 6) is -0.365. The van der Waals surface area contributed by atoms with Gasteiger partial charge in [0.1, 0.15) is 0 Å². The van der Waals surface area contributed by atoms with Crippen molar-refractivity contribution in [2.45, 2.75) is 19.4 Å². The summed E-state index contributed by atoms with van der Waals surface area (Å²) in [6, 6.07) is 11.8. The molecule has 122 valence electrons. The Hall–Kier alpha value is -2.18. The van der Waals surface area contributed by atoms with Gasteiger partial charge in [0.2, 0.25) is 5.91 Å². The highest BCUT2D eigenvalue weighted by Gasteiger charge is 2.16. The van der Waals surface area contributed by atoms with Crippen LogP contribution in [0.4, 0.5) is 4.79 Å². The molecule has 6 heteroatoms. The van der Waals surface area contributed by atoms with Gasteiger partial charge in [-0.25, -0.2) is 4.79 Å². The van der Waals surface area contributed by atoms with Gasteiger partial charge in [-0.15, -0.1) is 11.3 Å². The van der Waals surface area contributed by atoms with E-state index in [1.165, 1.54) is 12.6 Å². The lowest BCUT2D eigenvalue weighted by molar-refractivity contribution is -0.119. The second-order valence-corrected chi connectivity index (χ2v) is 6.03. The molecule has 0 saturated carbocycles.